The van der Waals surface area contributed by atoms with Crippen LogP contribution in [0.15, 0.2) is 24.4 Å². The lowest BCUT2D eigenvalue weighted by atomic mass is 10.0. The first-order valence-electron chi connectivity index (χ1n) is 7.41. The van der Waals surface area contributed by atoms with Crippen LogP contribution in [0.25, 0.3) is 10.9 Å². The zero-order chi connectivity index (χ0) is 17.4. The molecule has 2 rings (SSSR count). The maximum Gasteiger partial charge on any atom is 0.419 e. The highest BCUT2D eigenvalue weighted by Gasteiger charge is 2.22. The monoisotopic (exact) mass is 318 g/mol. The van der Waals surface area contributed by atoms with Gasteiger partial charge in [-0.2, -0.15) is 0 Å². The first-order valence-corrected chi connectivity index (χ1v) is 7.41. The summed E-state index contributed by atoms with van der Waals surface area (Å²) >= 11 is 0. The van der Waals surface area contributed by atoms with Crippen LogP contribution in [0.2, 0.25) is 0 Å². The van der Waals surface area contributed by atoms with Crippen LogP contribution >= 0.6 is 0 Å². The molecule has 2 aromatic rings. The molecule has 1 heterocycles. The number of rotatable bonds is 3. The summed E-state index contributed by atoms with van der Waals surface area (Å²) in [5.74, 6) is -1.07. The quantitative estimate of drug-likeness (QED) is 0.907. The van der Waals surface area contributed by atoms with Gasteiger partial charge >= 0.3 is 12.1 Å². The third-order valence-corrected chi connectivity index (χ3v) is 3.39. The largest absolute Gasteiger partial charge is 0.480 e. The molecule has 0 radical (unpaired) electrons. The fourth-order valence-electron chi connectivity index (χ4n) is 2.36. The number of nitrogens with two attached hydrogens (primary N) is 1. The van der Waals surface area contributed by atoms with Crippen LogP contribution in [0.5, 0.6) is 0 Å². The minimum atomic E-state index is -1.07. The van der Waals surface area contributed by atoms with Crippen molar-refractivity contribution in [3.63, 3.8) is 0 Å². The summed E-state index contributed by atoms with van der Waals surface area (Å²) in [5.41, 5.74) is 7.43. The Balaban J connectivity index is 2.50. The van der Waals surface area contributed by atoms with E-state index < -0.39 is 23.7 Å². The second kappa shape index (κ2) is 6.04. The third kappa shape index (κ3) is 3.90. The number of aliphatic carboxylic acids is 1. The van der Waals surface area contributed by atoms with Crippen molar-refractivity contribution in [3.05, 3.63) is 35.5 Å². The summed E-state index contributed by atoms with van der Waals surface area (Å²) in [7, 11) is 0. The number of aromatic nitrogens is 1. The van der Waals surface area contributed by atoms with Crippen molar-refractivity contribution >= 4 is 23.0 Å². The van der Waals surface area contributed by atoms with Crippen molar-refractivity contribution in [2.24, 2.45) is 5.73 Å². The molecule has 0 spiro atoms. The summed E-state index contributed by atoms with van der Waals surface area (Å²) in [6.45, 7) is 7.32. The average Bonchev–Trinajstić information content (AvgIpc) is 2.75. The summed E-state index contributed by atoms with van der Waals surface area (Å²) in [6.07, 6.45) is 1.26. The number of ether oxygens (including phenoxy) is 1. The highest BCUT2D eigenvalue weighted by molar-refractivity contribution is 5.93. The van der Waals surface area contributed by atoms with Crippen molar-refractivity contribution in [1.29, 1.82) is 0 Å². The van der Waals surface area contributed by atoms with Gasteiger partial charge in [0.05, 0.1) is 5.52 Å². The Hall–Kier alpha value is -2.34. The molecule has 6 heteroatoms. The number of hydrogen-bond acceptors (Lipinski definition) is 4. The van der Waals surface area contributed by atoms with Crippen LogP contribution in [0, 0.1) is 6.92 Å². The zero-order valence-corrected chi connectivity index (χ0v) is 13.8. The molecule has 0 aliphatic rings. The van der Waals surface area contributed by atoms with Gasteiger partial charge in [0, 0.05) is 18.0 Å². The van der Waals surface area contributed by atoms with E-state index in [4.69, 9.17) is 15.6 Å². The van der Waals surface area contributed by atoms with Gasteiger partial charge in [-0.05, 0) is 45.4 Å². The molecule has 0 fully saturated rings. The van der Waals surface area contributed by atoms with Gasteiger partial charge in [-0.15, -0.1) is 0 Å². The Morgan fingerprint density at radius 3 is 2.57 bits per heavy atom. The molecule has 1 aromatic carbocycles. The Kier molecular flexibility index (Phi) is 4.47. The molecule has 1 aromatic heterocycles. The second-order valence-corrected chi connectivity index (χ2v) is 6.67. The number of aryl methyl sites for hydroxylation is 1. The van der Waals surface area contributed by atoms with Gasteiger partial charge < -0.3 is 15.6 Å². The molecule has 0 amide bonds. The number of carboxylic acid groups (broad SMARTS) is 1. The highest BCUT2D eigenvalue weighted by Crippen LogP contribution is 2.25. The van der Waals surface area contributed by atoms with Crippen LogP contribution in [-0.4, -0.2) is 33.4 Å². The van der Waals surface area contributed by atoms with Gasteiger partial charge in [-0.1, -0.05) is 11.6 Å². The lowest BCUT2D eigenvalue weighted by Crippen LogP contribution is -2.32. The van der Waals surface area contributed by atoms with Gasteiger partial charge in [-0.3, -0.25) is 9.36 Å². The van der Waals surface area contributed by atoms with Crippen LogP contribution in [0.1, 0.15) is 31.9 Å². The first kappa shape index (κ1) is 17.0. The van der Waals surface area contributed by atoms with Crippen molar-refractivity contribution in [3.8, 4) is 0 Å². The molecule has 0 aliphatic heterocycles. The topological polar surface area (TPSA) is 94.5 Å². The summed E-state index contributed by atoms with van der Waals surface area (Å²) in [4.78, 5) is 23.4. The Bertz CT molecular complexity index is 756. The lowest BCUT2D eigenvalue weighted by molar-refractivity contribution is -0.138. The van der Waals surface area contributed by atoms with Gasteiger partial charge in [0.1, 0.15) is 11.6 Å². The number of nitrogens with zero attached hydrogens (tertiary/aromatic N) is 1. The molecule has 6 nitrogen and oxygen atoms in total. The normalized spacial score (nSPS) is 13.1. The van der Waals surface area contributed by atoms with Crippen molar-refractivity contribution in [2.75, 3.05) is 0 Å². The van der Waals surface area contributed by atoms with Crippen LogP contribution in [-0.2, 0) is 16.0 Å². The predicted octanol–water partition coefficient (Wildman–Crippen LogP) is 2.69. The predicted molar refractivity (Wildman–Crippen MR) is 87.6 cm³/mol. The first-order chi connectivity index (χ1) is 10.6. The highest BCUT2D eigenvalue weighted by atomic mass is 16.6. The molecule has 0 saturated heterocycles. The lowest BCUT2D eigenvalue weighted by Gasteiger charge is -2.19. The SMILES string of the molecule is Cc1ccc2c(c1)c(CC(N)C(=O)O)cn2C(=O)OC(C)(C)C. The minimum Gasteiger partial charge on any atom is -0.480 e. The zero-order valence-electron chi connectivity index (χ0n) is 13.8. The molecule has 1 atom stereocenters. The number of carbonyl (C=O) groups is 2. The molecule has 23 heavy (non-hydrogen) atoms. The fourth-order valence-corrected chi connectivity index (χ4v) is 2.36. The van der Waals surface area contributed by atoms with Gasteiger partial charge in [-0.25, -0.2) is 4.79 Å². The van der Waals surface area contributed by atoms with Crippen molar-refractivity contribution in [1.82, 2.24) is 4.57 Å². The standard InChI is InChI=1S/C17H22N2O4/c1-10-5-6-14-12(7-10)11(8-13(18)15(20)21)9-19(14)16(22)23-17(2,3)4/h5-7,9,13H,8,18H2,1-4H3,(H,20,21). The van der Waals surface area contributed by atoms with E-state index in [1.54, 1.807) is 27.0 Å². The Morgan fingerprint density at radius 1 is 1.35 bits per heavy atom. The van der Waals surface area contributed by atoms with E-state index >= 15 is 0 Å². The fraction of sp³-hybridized carbons (Fsp3) is 0.412. The van der Waals surface area contributed by atoms with Crippen LogP contribution < -0.4 is 5.73 Å². The molecule has 0 aliphatic carbocycles. The van der Waals surface area contributed by atoms with E-state index in [1.165, 1.54) is 4.57 Å². The Morgan fingerprint density at radius 2 is 2.00 bits per heavy atom. The Labute approximate surface area is 134 Å². The molecule has 124 valence electrons. The van der Waals surface area contributed by atoms with Crippen LogP contribution in [0.4, 0.5) is 4.79 Å². The molecule has 0 bridgehead atoms. The number of hydrogen-bond donors (Lipinski definition) is 2. The van der Waals surface area contributed by atoms with Gasteiger partial charge in [0.15, 0.2) is 0 Å². The van der Waals surface area contributed by atoms with E-state index in [9.17, 15) is 9.59 Å². The number of benzene rings is 1. The minimum absolute atomic E-state index is 0.144. The van der Waals surface area contributed by atoms with E-state index in [1.807, 2.05) is 25.1 Å². The summed E-state index contributed by atoms with van der Waals surface area (Å²) < 4.78 is 6.81. The summed E-state index contributed by atoms with van der Waals surface area (Å²) in [6, 6.07) is 4.61. The van der Waals surface area contributed by atoms with Crippen molar-refractivity contribution in [2.45, 2.75) is 45.8 Å². The second-order valence-electron chi connectivity index (χ2n) is 6.67. The van der Waals surface area contributed by atoms with Gasteiger partial charge in [0.25, 0.3) is 0 Å². The van der Waals surface area contributed by atoms with Crippen molar-refractivity contribution < 1.29 is 19.4 Å². The number of fused-ring (bicyclic) bond motifs is 1. The average molecular weight is 318 g/mol. The smallest absolute Gasteiger partial charge is 0.419 e. The van der Waals surface area contributed by atoms with Gasteiger partial charge in [0.2, 0.25) is 0 Å². The van der Waals surface area contributed by atoms with E-state index in [0.29, 0.717) is 11.1 Å². The molecular formula is C17H22N2O4. The summed E-state index contributed by atoms with van der Waals surface area (Å²) in [5, 5.41) is 9.83. The maximum absolute atomic E-state index is 12.4. The molecular weight excluding hydrogens is 296 g/mol. The number of carbonyl (C=O) groups excluding carboxylic acids is 1. The van der Waals surface area contributed by atoms with E-state index in [0.717, 1.165) is 10.9 Å². The number of carboxylic acids is 1. The van der Waals surface area contributed by atoms with E-state index in [-0.39, 0.29) is 6.42 Å². The molecule has 1 unspecified atom stereocenters. The van der Waals surface area contributed by atoms with E-state index in [2.05, 4.69) is 0 Å². The maximum atomic E-state index is 12.4. The molecule has 3 N–H and O–H groups in total. The third-order valence-electron chi connectivity index (χ3n) is 3.39. The van der Waals surface area contributed by atoms with Crippen LogP contribution in [0.3, 0.4) is 0 Å². The molecule has 0 saturated carbocycles.